The quantitative estimate of drug-likeness (QED) is 0.0734. The van der Waals surface area contributed by atoms with Crippen LogP contribution in [0.4, 0.5) is 10.5 Å². The van der Waals surface area contributed by atoms with Gasteiger partial charge in [0.1, 0.15) is 23.2 Å². The van der Waals surface area contributed by atoms with E-state index in [-0.39, 0.29) is 49.2 Å². The van der Waals surface area contributed by atoms with Crippen molar-refractivity contribution in [3.8, 4) is 0 Å². The van der Waals surface area contributed by atoms with E-state index in [9.17, 15) is 39.2 Å². The van der Waals surface area contributed by atoms with Gasteiger partial charge in [-0.05, 0) is 71.4 Å². The van der Waals surface area contributed by atoms with Crippen LogP contribution in [-0.4, -0.2) is 81.2 Å². The molecule has 3 N–H and O–H groups in total. The first kappa shape index (κ1) is 37.7. The Bertz CT molecular complexity index is 1440. The van der Waals surface area contributed by atoms with Crippen molar-refractivity contribution in [1.82, 2.24) is 15.5 Å². The molecule has 1 aliphatic carbocycles. The lowest BCUT2D eigenvalue weighted by molar-refractivity contribution is -0.384. The van der Waals surface area contributed by atoms with E-state index in [1.165, 1.54) is 11.0 Å². The second kappa shape index (κ2) is 15.9. The molecule has 1 aliphatic heterocycles. The number of nitro benzene ring substituents is 1. The number of esters is 1. The molecule has 262 valence electrons. The Morgan fingerprint density at radius 3 is 2.46 bits per heavy atom. The number of carbonyl (C=O) groups excluding carboxylic acids is 4. The standard InChI is InChI=1S/C34H46N4O10/c1-7-10-11-12-13-14-26(35-32(44)48-33(4,5)6)29(40)37-20-21(25-18-23(38(45)46)15-16-24(25)30(41)42)17-27(37)28(39)36-34(19-22(34)8-2)31(43)47-9-3/h7-8,15-16,18,21-22,26-27H,1-2,9-14,17,19-20H2,3-6H3,(H,35,44)(H,36,39)(H,41,42)/t21-,22?,26-,27-,34+/m0/s1. The fourth-order valence-electron chi connectivity index (χ4n) is 6.04. The molecular formula is C34H46N4O10. The maximum atomic E-state index is 14.3. The van der Waals surface area contributed by atoms with Crippen molar-refractivity contribution < 1.29 is 43.5 Å². The minimum Gasteiger partial charge on any atom is -0.478 e. The molecule has 2 aliphatic rings. The summed E-state index contributed by atoms with van der Waals surface area (Å²) in [6.07, 6.45) is 5.73. The van der Waals surface area contributed by atoms with Gasteiger partial charge in [-0.2, -0.15) is 0 Å². The Balaban J connectivity index is 2.02. The molecule has 0 aromatic heterocycles. The van der Waals surface area contributed by atoms with Crippen molar-refractivity contribution >= 4 is 35.5 Å². The highest BCUT2D eigenvalue weighted by Crippen LogP contribution is 2.46. The molecule has 1 saturated carbocycles. The van der Waals surface area contributed by atoms with Gasteiger partial charge in [0.05, 0.1) is 17.1 Å². The maximum absolute atomic E-state index is 14.3. The molecule has 14 nitrogen and oxygen atoms in total. The van der Waals surface area contributed by atoms with E-state index in [4.69, 9.17) is 9.47 Å². The first-order chi connectivity index (χ1) is 22.6. The highest BCUT2D eigenvalue weighted by atomic mass is 16.6. The van der Waals surface area contributed by atoms with Gasteiger partial charge >= 0.3 is 18.0 Å². The van der Waals surface area contributed by atoms with Gasteiger partial charge in [0.25, 0.3) is 5.69 Å². The van der Waals surface area contributed by atoms with E-state index in [1.54, 1.807) is 33.8 Å². The first-order valence-corrected chi connectivity index (χ1v) is 16.1. The lowest BCUT2D eigenvalue weighted by atomic mass is 9.91. The van der Waals surface area contributed by atoms with Gasteiger partial charge in [-0.15, -0.1) is 13.2 Å². The predicted octanol–water partition coefficient (Wildman–Crippen LogP) is 4.63. The number of unbranched alkanes of at least 4 members (excludes halogenated alkanes) is 3. The smallest absolute Gasteiger partial charge is 0.408 e. The zero-order valence-corrected chi connectivity index (χ0v) is 28.0. The minimum atomic E-state index is -1.38. The van der Waals surface area contributed by atoms with E-state index < -0.39 is 69.8 Å². The normalized spacial score (nSPS) is 22.2. The summed E-state index contributed by atoms with van der Waals surface area (Å²) >= 11 is 0. The summed E-state index contributed by atoms with van der Waals surface area (Å²) in [5.74, 6) is -4.49. The van der Waals surface area contributed by atoms with Gasteiger partial charge in [-0.1, -0.05) is 25.0 Å². The Morgan fingerprint density at radius 1 is 1.19 bits per heavy atom. The first-order valence-electron chi connectivity index (χ1n) is 16.1. The number of hydrogen-bond donors (Lipinski definition) is 3. The lowest BCUT2D eigenvalue weighted by Crippen LogP contribution is -2.56. The number of nitrogens with zero attached hydrogens (tertiary/aromatic N) is 2. The van der Waals surface area contributed by atoms with E-state index in [1.807, 2.05) is 0 Å². The monoisotopic (exact) mass is 670 g/mol. The minimum absolute atomic E-state index is 0.0754. The van der Waals surface area contributed by atoms with Crippen LogP contribution in [0.25, 0.3) is 0 Å². The molecule has 3 amide bonds. The lowest BCUT2D eigenvalue weighted by Gasteiger charge is -2.30. The van der Waals surface area contributed by atoms with Gasteiger partial charge in [0, 0.05) is 30.5 Å². The molecule has 1 saturated heterocycles. The third-order valence-corrected chi connectivity index (χ3v) is 8.48. The molecular weight excluding hydrogens is 624 g/mol. The summed E-state index contributed by atoms with van der Waals surface area (Å²) in [4.78, 5) is 78.5. The number of aromatic carboxylic acids is 1. The second-order valence-electron chi connectivity index (χ2n) is 13.1. The van der Waals surface area contributed by atoms with Crippen LogP contribution >= 0.6 is 0 Å². The molecule has 1 aromatic carbocycles. The van der Waals surface area contributed by atoms with Crippen molar-refractivity contribution in [2.24, 2.45) is 5.92 Å². The number of allylic oxidation sites excluding steroid dienone is 1. The third kappa shape index (κ3) is 9.20. The maximum Gasteiger partial charge on any atom is 0.408 e. The Morgan fingerprint density at radius 2 is 1.90 bits per heavy atom. The zero-order chi connectivity index (χ0) is 35.8. The summed E-state index contributed by atoms with van der Waals surface area (Å²) in [5.41, 5.74) is -2.70. The van der Waals surface area contributed by atoms with Crippen LogP contribution in [0, 0.1) is 16.0 Å². The van der Waals surface area contributed by atoms with Gasteiger partial charge in [0.2, 0.25) is 11.8 Å². The summed E-state index contributed by atoms with van der Waals surface area (Å²) < 4.78 is 10.6. The molecule has 5 atom stereocenters. The number of nitrogens with one attached hydrogen (secondary N) is 2. The van der Waals surface area contributed by atoms with Crippen LogP contribution in [0.3, 0.4) is 0 Å². The van der Waals surface area contributed by atoms with Gasteiger partial charge in [-0.3, -0.25) is 19.7 Å². The number of ether oxygens (including phenoxy) is 2. The fourth-order valence-corrected chi connectivity index (χ4v) is 6.04. The summed E-state index contributed by atoms with van der Waals surface area (Å²) in [5, 5.41) is 26.9. The number of alkyl carbamates (subject to hydrolysis) is 1. The van der Waals surface area contributed by atoms with Gasteiger partial charge < -0.3 is 30.1 Å². The molecule has 48 heavy (non-hydrogen) atoms. The Kier molecular flexibility index (Phi) is 12.5. The van der Waals surface area contributed by atoms with Crippen LogP contribution in [-0.2, 0) is 23.9 Å². The number of carboxylic acids is 1. The van der Waals surface area contributed by atoms with Crippen molar-refractivity contribution in [3.63, 3.8) is 0 Å². The molecule has 1 heterocycles. The molecule has 1 aromatic rings. The highest BCUT2D eigenvalue weighted by molar-refractivity contribution is 5.97. The van der Waals surface area contributed by atoms with Crippen LogP contribution in [0.5, 0.6) is 0 Å². The van der Waals surface area contributed by atoms with E-state index in [0.29, 0.717) is 6.42 Å². The predicted molar refractivity (Wildman–Crippen MR) is 175 cm³/mol. The van der Waals surface area contributed by atoms with Crippen LogP contribution in [0.1, 0.15) is 94.5 Å². The molecule has 0 bridgehead atoms. The zero-order valence-electron chi connectivity index (χ0n) is 28.0. The number of hydrogen-bond acceptors (Lipinski definition) is 9. The Labute approximate surface area is 280 Å². The summed E-state index contributed by atoms with van der Waals surface area (Å²) in [6, 6.07) is 1.02. The highest BCUT2D eigenvalue weighted by Gasteiger charge is 2.62. The fraction of sp³-hybridized carbons (Fsp3) is 0.559. The van der Waals surface area contributed by atoms with Crippen LogP contribution in [0.15, 0.2) is 43.5 Å². The Hall–Kier alpha value is -4.75. The largest absolute Gasteiger partial charge is 0.478 e. The molecule has 14 heteroatoms. The van der Waals surface area contributed by atoms with Crippen LogP contribution in [0.2, 0.25) is 0 Å². The molecule has 0 radical (unpaired) electrons. The number of carbonyl (C=O) groups is 5. The van der Waals surface area contributed by atoms with E-state index in [0.717, 1.165) is 37.5 Å². The van der Waals surface area contributed by atoms with Crippen molar-refractivity contribution in [2.75, 3.05) is 13.2 Å². The van der Waals surface area contributed by atoms with Gasteiger partial charge in [-0.25, -0.2) is 14.4 Å². The average molecular weight is 671 g/mol. The number of nitro groups is 1. The van der Waals surface area contributed by atoms with Crippen molar-refractivity contribution in [3.05, 3.63) is 64.8 Å². The average Bonchev–Trinajstić information content (AvgIpc) is 3.54. The van der Waals surface area contributed by atoms with Crippen molar-refractivity contribution in [1.29, 1.82) is 0 Å². The number of carboxylic acid groups (broad SMARTS) is 1. The van der Waals surface area contributed by atoms with Crippen LogP contribution < -0.4 is 10.6 Å². The molecule has 0 spiro atoms. The number of rotatable bonds is 16. The number of non-ortho nitro benzene ring substituents is 1. The summed E-state index contributed by atoms with van der Waals surface area (Å²) in [7, 11) is 0. The second-order valence-corrected chi connectivity index (χ2v) is 13.1. The van der Waals surface area contributed by atoms with Crippen molar-refractivity contribution in [2.45, 2.75) is 102 Å². The van der Waals surface area contributed by atoms with E-state index in [2.05, 4.69) is 23.8 Å². The van der Waals surface area contributed by atoms with Gasteiger partial charge in [0.15, 0.2) is 0 Å². The topological polar surface area (TPSA) is 194 Å². The van der Waals surface area contributed by atoms with E-state index >= 15 is 0 Å². The number of likely N-dealkylation sites (tertiary alicyclic amines) is 1. The molecule has 2 fully saturated rings. The number of benzene rings is 1. The summed E-state index contributed by atoms with van der Waals surface area (Å²) in [6.45, 7) is 14.0. The number of amides is 3. The third-order valence-electron chi connectivity index (χ3n) is 8.48. The molecule has 3 rings (SSSR count). The molecule has 1 unspecified atom stereocenters. The SMILES string of the molecule is C=CCCCCC[C@H](NC(=O)OC(C)(C)C)C(=O)N1C[C@@H](c2cc([N+](=O)[O-])ccc2C(=O)O)C[C@H]1C(=O)N[C@]1(C(=O)OCC)CC1C=C.